The van der Waals surface area contributed by atoms with E-state index in [1.54, 1.807) is 0 Å². The summed E-state index contributed by atoms with van der Waals surface area (Å²) in [4.78, 5) is 10.2. The van der Waals surface area contributed by atoms with Crippen LogP contribution < -0.4 is 0 Å². The third-order valence-corrected chi connectivity index (χ3v) is 5.84. The van der Waals surface area contributed by atoms with E-state index in [4.69, 9.17) is 0 Å². The third-order valence-electron chi connectivity index (χ3n) is 3.72. The number of piperidine rings is 1. The second kappa shape index (κ2) is 5.49. The molecular formula is C13H18N2O4S. The molecule has 0 radical (unpaired) electrons. The van der Waals surface area contributed by atoms with E-state index in [1.807, 2.05) is 13.8 Å². The quantitative estimate of drug-likeness (QED) is 0.634. The Kier molecular flexibility index (Phi) is 4.10. The molecule has 2 atom stereocenters. The lowest BCUT2D eigenvalue weighted by atomic mass is 10.0. The Morgan fingerprint density at radius 2 is 1.85 bits per heavy atom. The van der Waals surface area contributed by atoms with Crippen LogP contribution in [0.5, 0.6) is 0 Å². The largest absolute Gasteiger partial charge is 0.270 e. The van der Waals surface area contributed by atoms with E-state index in [2.05, 4.69) is 0 Å². The van der Waals surface area contributed by atoms with Gasteiger partial charge in [-0.05, 0) is 32.8 Å². The highest BCUT2D eigenvalue weighted by Crippen LogP contribution is 2.30. The first-order valence-electron chi connectivity index (χ1n) is 6.62. The van der Waals surface area contributed by atoms with Crippen molar-refractivity contribution in [1.29, 1.82) is 0 Å². The second-order valence-electron chi connectivity index (χ2n) is 5.22. The lowest BCUT2D eigenvalue weighted by Crippen LogP contribution is -2.47. The highest BCUT2D eigenvalue weighted by molar-refractivity contribution is 7.89. The first kappa shape index (κ1) is 14.9. The maximum absolute atomic E-state index is 12.7. The van der Waals surface area contributed by atoms with Crippen LogP contribution in [0.3, 0.4) is 0 Å². The van der Waals surface area contributed by atoms with Crippen molar-refractivity contribution < 1.29 is 13.3 Å². The zero-order valence-corrected chi connectivity index (χ0v) is 12.3. The van der Waals surface area contributed by atoms with Gasteiger partial charge in [0.25, 0.3) is 5.69 Å². The highest BCUT2D eigenvalue weighted by atomic mass is 32.2. The fourth-order valence-electron chi connectivity index (χ4n) is 2.75. The Morgan fingerprint density at radius 3 is 2.40 bits per heavy atom. The number of benzene rings is 1. The number of rotatable bonds is 3. The van der Waals surface area contributed by atoms with Gasteiger partial charge in [-0.3, -0.25) is 10.1 Å². The average Bonchev–Trinajstić information content (AvgIpc) is 2.38. The fourth-order valence-corrected chi connectivity index (χ4v) is 4.67. The van der Waals surface area contributed by atoms with Gasteiger partial charge in [-0.1, -0.05) is 12.5 Å². The number of sulfonamides is 1. The van der Waals surface area contributed by atoms with Gasteiger partial charge in [-0.25, -0.2) is 8.42 Å². The molecule has 1 saturated heterocycles. The first-order valence-corrected chi connectivity index (χ1v) is 8.06. The Hall–Kier alpha value is -1.47. The minimum atomic E-state index is -3.69. The smallest absolute Gasteiger partial charge is 0.258 e. The van der Waals surface area contributed by atoms with E-state index in [-0.39, 0.29) is 22.7 Å². The number of non-ortho nitro benzene ring substituents is 1. The molecule has 1 aromatic rings. The third kappa shape index (κ3) is 2.69. The standard InChI is InChI=1S/C13H18N2O4S/c1-10-5-3-6-11(2)14(10)20(18,19)13-8-4-7-12(9-13)15(16)17/h4,7-11H,3,5-6H2,1-2H3/t10-,11-/m1/s1. The molecule has 0 saturated carbocycles. The molecule has 0 aromatic heterocycles. The van der Waals surface area contributed by atoms with E-state index in [9.17, 15) is 18.5 Å². The zero-order chi connectivity index (χ0) is 14.9. The summed E-state index contributed by atoms with van der Waals surface area (Å²) < 4.78 is 26.9. The van der Waals surface area contributed by atoms with E-state index < -0.39 is 14.9 Å². The Morgan fingerprint density at radius 1 is 1.25 bits per heavy atom. The molecule has 0 spiro atoms. The van der Waals surface area contributed by atoms with Crippen molar-refractivity contribution >= 4 is 15.7 Å². The van der Waals surface area contributed by atoms with Crippen LogP contribution in [0, 0.1) is 10.1 Å². The van der Waals surface area contributed by atoms with E-state index in [0.717, 1.165) is 25.3 Å². The topological polar surface area (TPSA) is 80.5 Å². The van der Waals surface area contributed by atoms with Gasteiger partial charge in [-0.2, -0.15) is 4.31 Å². The summed E-state index contributed by atoms with van der Waals surface area (Å²) in [7, 11) is -3.69. The molecule has 6 nitrogen and oxygen atoms in total. The van der Waals surface area contributed by atoms with Gasteiger partial charge in [0.2, 0.25) is 10.0 Å². The summed E-state index contributed by atoms with van der Waals surface area (Å²) in [5.41, 5.74) is -0.205. The maximum Gasteiger partial charge on any atom is 0.270 e. The van der Waals surface area contributed by atoms with Crippen LogP contribution in [0.1, 0.15) is 33.1 Å². The van der Waals surface area contributed by atoms with E-state index in [1.165, 1.54) is 22.5 Å². The molecule has 1 aliphatic heterocycles. The second-order valence-corrected chi connectivity index (χ2v) is 7.06. The van der Waals surface area contributed by atoms with Crippen LogP contribution in [0.15, 0.2) is 29.2 Å². The van der Waals surface area contributed by atoms with Crippen molar-refractivity contribution in [2.24, 2.45) is 0 Å². The van der Waals surface area contributed by atoms with Crippen LogP contribution in [-0.4, -0.2) is 29.7 Å². The van der Waals surface area contributed by atoms with Gasteiger partial charge in [0.1, 0.15) is 0 Å². The molecule has 0 bridgehead atoms. The summed E-state index contributed by atoms with van der Waals surface area (Å²) in [6, 6.07) is 5.08. The summed E-state index contributed by atoms with van der Waals surface area (Å²) in [6.45, 7) is 3.76. The number of hydrogen-bond acceptors (Lipinski definition) is 4. The number of nitro groups is 1. The summed E-state index contributed by atoms with van der Waals surface area (Å²) >= 11 is 0. The van der Waals surface area contributed by atoms with Crippen LogP contribution in [0.25, 0.3) is 0 Å². The van der Waals surface area contributed by atoms with E-state index >= 15 is 0 Å². The zero-order valence-electron chi connectivity index (χ0n) is 11.5. The van der Waals surface area contributed by atoms with Gasteiger partial charge < -0.3 is 0 Å². The molecule has 0 aliphatic carbocycles. The monoisotopic (exact) mass is 298 g/mol. The van der Waals surface area contributed by atoms with Crippen molar-refractivity contribution in [3.05, 3.63) is 34.4 Å². The van der Waals surface area contributed by atoms with Gasteiger partial charge in [0, 0.05) is 24.2 Å². The fraction of sp³-hybridized carbons (Fsp3) is 0.538. The van der Waals surface area contributed by atoms with Crippen molar-refractivity contribution in [1.82, 2.24) is 4.31 Å². The lowest BCUT2D eigenvalue weighted by Gasteiger charge is -2.37. The molecule has 0 N–H and O–H groups in total. The van der Waals surface area contributed by atoms with Gasteiger partial charge in [0.15, 0.2) is 0 Å². The highest BCUT2D eigenvalue weighted by Gasteiger charge is 2.36. The van der Waals surface area contributed by atoms with Crippen molar-refractivity contribution in [3.8, 4) is 0 Å². The predicted octanol–water partition coefficient (Wildman–Crippen LogP) is 2.55. The first-order chi connectivity index (χ1) is 9.34. The molecule has 110 valence electrons. The Balaban J connectivity index is 2.44. The number of nitrogens with zero attached hydrogens (tertiary/aromatic N) is 2. The number of nitro benzene ring substituents is 1. The molecular weight excluding hydrogens is 280 g/mol. The molecule has 2 rings (SSSR count). The van der Waals surface area contributed by atoms with Crippen LogP contribution >= 0.6 is 0 Å². The normalized spacial score (nSPS) is 24.5. The predicted molar refractivity (Wildman–Crippen MR) is 74.9 cm³/mol. The lowest BCUT2D eigenvalue weighted by molar-refractivity contribution is -0.385. The minimum Gasteiger partial charge on any atom is -0.258 e. The minimum absolute atomic E-state index is 0.00713. The van der Waals surface area contributed by atoms with Crippen LogP contribution in [0.2, 0.25) is 0 Å². The molecule has 7 heteroatoms. The molecule has 1 aromatic carbocycles. The van der Waals surface area contributed by atoms with Crippen LogP contribution in [-0.2, 0) is 10.0 Å². The van der Waals surface area contributed by atoms with Gasteiger partial charge in [0.05, 0.1) is 9.82 Å². The molecule has 1 fully saturated rings. The Bertz CT molecular complexity index is 605. The summed E-state index contributed by atoms with van der Waals surface area (Å²) in [5, 5.41) is 10.8. The summed E-state index contributed by atoms with van der Waals surface area (Å²) in [6.07, 6.45) is 2.64. The van der Waals surface area contributed by atoms with Gasteiger partial charge >= 0.3 is 0 Å². The molecule has 0 amide bonds. The van der Waals surface area contributed by atoms with E-state index in [0.29, 0.717) is 0 Å². The van der Waals surface area contributed by atoms with Crippen molar-refractivity contribution in [2.75, 3.05) is 0 Å². The molecule has 20 heavy (non-hydrogen) atoms. The molecule has 1 aliphatic rings. The number of hydrogen-bond donors (Lipinski definition) is 0. The van der Waals surface area contributed by atoms with Gasteiger partial charge in [-0.15, -0.1) is 0 Å². The molecule has 1 heterocycles. The Labute approximate surface area is 118 Å². The average molecular weight is 298 g/mol. The van der Waals surface area contributed by atoms with Crippen LogP contribution in [0.4, 0.5) is 5.69 Å². The summed E-state index contributed by atoms with van der Waals surface area (Å²) in [5.74, 6) is 0. The van der Waals surface area contributed by atoms with Crippen molar-refractivity contribution in [3.63, 3.8) is 0 Å². The van der Waals surface area contributed by atoms with Crippen molar-refractivity contribution in [2.45, 2.75) is 50.1 Å². The maximum atomic E-state index is 12.7. The SMILES string of the molecule is C[C@@H]1CCC[C@@H](C)N1S(=O)(=O)c1cccc([N+](=O)[O-])c1. The molecule has 0 unspecified atom stereocenters.